The van der Waals surface area contributed by atoms with E-state index in [4.69, 9.17) is 16.3 Å². The number of ether oxygens (including phenoxy) is 1. The van der Waals surface area contributed by atoms with Crippen molar-refractivity contribution in [1.82, 2.24) is 0 Å². The number of nitrogens with zero attached hydrogens (tertiary/aromatic N) is 1. The molecule has 1 unspecified atom stereocenters. The number of anilines is 2. The van der Waals surface area contributed by atoms with E-state index in [2.05, 4.69) is 0 Å². The summed E-state index contributed by atoms with van der Waals surface area (Å²) in [5.74, 6) is -2.81. The average Bonchev–Trinajstić information content (AvgIpc) is 3.09. The molecule has 3 rings (SSSR count). The summed E-state index contributed by atoms with van der Waals surface area (Å²) in [4.78, 5) is 38.0. The molecule has 1 heterocycles. The van der Waals surface area contributed by atoms with Crippen molar-refractivity contribution in [2.45, 2.75) is 19.5 Å². The van der Waals surface area contributed by atoms with Crippen LogP contribution in [-0.4, -0.2) is 30.9 Å². The Morgan fingerprint density at radius 3 is 2.52 bits per heavy atom. The van der Waals surface area contributed by atoms with Gasteiger partial charge in [0.25, 0.3) is 5.91 Å². The van der Waals surface area contributed by atoms with E-state index in [0.717, 1.165) is 17.7 Å². The number of esters is 1. The fourth-order valence-electron chi connectivity index (χ4n) is 3.16. The molecule has 1 atom stereocenters. The van der Waals surface area contributed by atoms with Crippen LogP contribution >= 0.6 is 11.6 Å². The van der Waals surface area contributed by atoms with Gasteiger partial charge in [-0.2, -0.15) is 13.2 Å². The van der Waals surface area contributed by atoms with Gasteiger partial charge in [0, 0.05) is 18.7 Å². The van der Waals surface area contributed by atoms with E-state index in [9.17, 15) is 27.6 Å². The number of hydrogen-bond acceptors (Lipinski definition) is 4. The zero-order valence-corrected chi connectivity index (χ0v) is 17.1. The molecule has 1 aliphatic heterocycles. The Balaban J connectivity index is 1.59. The van der Waals surface area contributed by atoms with Gasteiger partial charge in [-0.1, -0.05) is 35.4 Å². The normalized spacial score (nSPS) is 16.4. The number of hydrogen-bond donors (Lipinski definition) is 1. The number of nitrogens with one attached hydrogen (secondary N) is 1. The van der Waals surface area contributed by atoms with Gasteiger partial charge in [-0.25, -0.2) is 0 Å². The monoisotopic (exact) mass is 454 g/mol. The number of halogens is 4. The summed E-state index contributed by atoms with van der Waals surface area (Å²) in [6.07, 6.45) is -4.81. The van der Waals surface area contributed by atoms with Gasteiger partial charge in [-0.15, -0.1) is 0 Å². The van der Waals surface area contributed by atoms with Crippen LogP contribution in [-0.2, 0) is 25.3 Å². The van der Waals surface area contributed by atoms with Crippen molar-refractivity contribution in [2.75, 3.05) is 23.4 Å². The fraction of sp³-hybridized carbons (Fsp3) is 0.286. The van der Waals surface area contributed by atoms with Crippen molar-refractivity contribution in [3.05, 3.63) is 58.6 Å². The lowest BCUT2D eigenvalue weighted by atomic mass is 10.1. The zero-order chi connectivity index (χ0) is 22.8. The van der Waals surface area contributed by atoms with E-state index in [1.165, 1.54) is 11.0 Å². The van der Waals surface area contributed by atoms with Gasteiger partial charge in [0.2, 0.25) is 5.91 Å². The molecule has 1 saturated heterocycles. The van der Waals surface area contributed by atoms with E-state index in [0.29, 0.717) is 5.69 Å². The van der Waals surface area contributed by atoms with Gasteiger partial charge in [0.05, 0.1) is 22.2 Å². The smallest absolute Gasteiger partial charge is 0.418 e. The van der Waals surface area contributed by atoms with Gasteiger partial charge in [-0.05, 0) is 31.2 Å². The number of amides is 2. The van der Waals surface area contributed by atoms with E-state index >= 15 is 0 Å². The second-order valence-corrected chi connectivity index (χ2v) is 7.46. The summed E-state index contributed by atoms with van der Waals surface area (Å²) in [5.41, 5.74) is -0.0688. The Bertz CT molecular complexity index is 1010. The molecule has 31 heavy (non-hydrogen) atoms. The van der Waals surface area contributed by atoms with Crippen LogP contribution in [0.5, 0.6) is 0 Å². The second kappa shape index (κ2) is 8.97. The highest BCUT2D eigenvalue weighted by atomic mass is 35.5. The lowest BCUT2D eigenvalue weighted by Gasteiger charge is -2.17. The van der Waals surface area contributed by atoms with Gasteiger partial charge in [0.1, 0.15) is 0 Å². The van der Waals surface area contributed by atoms with E-state index in [-0.39, 0.29) is 23.9 Å². The first-order valence-electron chi connectivity index (χ1n) is 9.25. The van der Waals surface area contributed by atoms with E-state index in [1.807, 2.05) is 24.4 Å². The highest BCUT2D eigenvalue weighted by Gasteiger charge is 2.37. The largest absolute Gasteiger partial charge is 0.455 e. The number of rotatable bonds is 5. The number of para-hydroxylation sites is 1. The van der Waals surface area contributed by atoms with Crippen LogP contribution in [0.15, 0.2) is 42.5 Å². The number of alkyl halides is 3. The van der Waals surface area contributed by atoms with Gasteiger partial charge in [0.15, 0.2) is 6.61 Å². The van der Waals surface area contributed by atoms with E-state index in [1.54, 1.807) is 12.1 Å². The number of carbonyl (C=O) groups excluding carboxylic acids is 3. The Morgan fingerprint density at radius 2 is 1.87 bits per heavy atom. The third-order valence-corrected chi connectivity index (χ3v) is 5.05. The summed E-state index contributed by atoms with van der Waals surface area (Å²) < 4.78 is 44.2. The summed E-state index contributed by atoms with van der Waals surface area (Å²) in [7, 11) is 0. The molecular weight excluding hydrogens is 437 g/mol. The molecule has 2 aromatic rings. The maximum atomic E-state index is 13.1. The van der Waals surface area contributed by atoms with Gasteiger partial charge in [-0.3, -0.25) is 14.4 Å². The quantitative estimate of drug-likeness (QED) is 0.687. The summed E-state index contributed by atoms with van der Waals surface area (Å²) in [5, 5.41) is 1.73. The van der Waals surface area contributed by atoms with Gasteiger partial charge < -0.3 is 15.0 Å². The van der Waals surface area contributed by atoms with Crippen LogP contribution in [0.25, 0.3) is 0 Å². The van der Waals surface area contributed by atoms with Crippen molar-refractivity contribution in [3.8, 4) is 0 Å². The predicted molar refractivity (Wildman–Crippen MR) is 108 cm³/mol. The topological polar surface area (TPSA) is 75.7 Å². The Labute approximate surface area is 180 Å². The minimum Gasteiger partial charge on any atom is -0.455 e. The van der Waals surface area contributed by atoms with Crippen molar-refractivity contribution < 1.29 is 32.3 Å². The lowest BCUT2D eigenvalue weighted by molar-refractivity contribution is -0.151. The standard InChI is InChI=1S/C21H18ClF3N2O4/c1-12-5-7-14(8-6-12)27-10-13(9-18(27)29)20(30)31-11-17(28)26-19-15(21(23,24)25)3-2-4-16(19)22/h2-8,13H,9-11H2,1H3,(H,26,28). The molecular formula is C21H18ClF3N2O4. The van der Waals surface area contributed by atoms with Crippen molar-refractivity contribution in [1.29, 1.82) is 0 Å². The number of carbonyl (C=O) groups is 3. The van der Waals surface area contributed by atoms with Crippen LogP contribution in [0.1, 0.15) is 17.5 Å². The first-order valence-corrected chi connectivity index (χ1v) is 9.63. The van der Waals surface area contributed by atoms with Crippen LogP contribution in [0.2, 0.25) is 5.02 Å². The Hall–Kier alpha value is -3.07. The average molecular weight is 455 g/mol. The first kappa shape index (κ1) is 22.6. The van der Waals surface area contributed by atoms with E-state index < -0.39 is 41.8 Å². The highest BCUT2D eigenvalue weighted by Crippen LogP contribution is 2.38. The molecule has 10 heteroatoms. The molecule has 0 aromatic heterocycles. The molecule has 6 nitrogen and oxygen atoms in total. The molecule has 0 bridgehead atoms. The van der Waals surface area contributed by atoms with Crippen LogP contribution in [0.3, 0.4) is 0 Å². The molecule has 0 spiro atoms. The molecule has 1 N–H and O–H groups in total. The predicted octanol–water partition coefficient (Wildman–Crippen LogP) is 4.20. The third kappa shape index (κ3) is 5.35. The van der Waals surface area contributed by atoms with Gasteiger partial charge >= 0.3 is 12.1 Å². The highest BCUT2D eigenvalue weighted by molar-refractivity contribution is 6.34. The number of benzene rings is 2. The first-order chi connectivity index (χ1) is 14.6. The summed E-state index contributed by atoms with van der Waals surface area (Å²) >= 11 is 5.78. The minimum absolute atomic E-state index is 0.0862. The van der Waals surface area contributed by atoms with Crippen LogP contribution < -0.4 is 10.2 Å². The van der Waals surface area contributed by atoms with Crippen molar-refractivity contribution in [2.24, 2.45) is 5.92 Å². The van der Waals surface area contributed by atoms with Crippen molar-refractivity contribution in [3.63, 3.8) is 0 Å². The second-order valence-electron chi connectivity index (χ2n) is 7.06. The Kier molecular flexibility index (Phi) is 6.54. The molecule has 2 aromatic carbocycles. The van der Waals surface area contributed by atoms with Crippen LogP contribution in [0, 0.1) is 12.8 Å². The molecule has 2 amide bonds. The summed E-state index contributed by atoms with van der Waals surface area (Å²) in [6, 6.07) is 10.3. The minimum atomic E-state index is -4.73. The maximum Gasteiger partial charge on any atom is 0.418 e. The summed E-state index contributed by atoms with van der Waals surface area (Å²) in [6.45, 7) is 1.18. The Morgan fingerprint density at radius 1 is 1.19 bits per heavy atom. The fourth-order valence-corrected chi connectivity index (χ4v) is 3.38. The van der Waals surface area contributed by atoms with Crippen molar-refractivity contribution >= 4 is 40.8 Å². The molecule has 0 radical (unpaired) electrons. The maximum absolute atomic E-state index is 13.1. The number of aryl methyl sites for hydroxylation is 1. The molecule has 0 aliphatic carbocycles. The molecule has 1 aliphatic rings. The lowest BCUT2D eigenvalue weighted by Crippen LogP contribution is -2.28. The molecule has 1 fully saturated rings. The molecule has 0 saturated carbocycles. The third-order valence-electron chi connectivity index (χ3n) is 4.73. The zero-order valence-electron chi connectivity index (χ0n) is 16.3. The SMILES string of the molecule is Cc1ccc(N2CC(C(=O)OCC(=O)Nc3c(Cl)cccc3C(F)(F)F)CC2=O)cc1. The molecule has 164 valence electrons. The van der Waals surface area contributed by atoms with Crippen LogP contribution in [0.4, 0.5) is 24.5 Å².